The van der Waals surface area contributed by atoms with Crippen LogP contribution >= 0.6 is 11.6 Å². The van der Waals surface area contributed by atoms with Crippen LogP contribution in [-0.2, 0) is 0 Å². The average molecular weight is 184 g/mol. The Kier molecular flexibility index (Phi) is 3.11. The van der Waals surface area contributed by atoms with Gasteiger partial charge >= 0.3 is 0 Å². The highest BCUT2D eigenvalue weighted by atomic mass is 35.5. The molecule has 0 unspecified atom stereocenters. The molecule has 1 aromatic rings. The van der Waals surface area contributed by atoms with Gasteiger partial charge in [-0.15, -0.1) is 0 Å². The summed E-state index contributed by atoms with van der Waals surface area (Å²) >= 11 is 5.66. The van der Waals surface area contributed by atoms with Gasteiger partial charge in [-0.25, -0.2) is 4.98 Å². The normalized spacial score (nSPS) is 9.50. The Balaban J connectivity index is 2.78. The van der Waals surface area contributed by atoms with Crippen molar-refractivity contribution in [1.29, 1.82) is 0 Å². The summed E-state index contributed by atoms with van der Waals surface area (Å²) in [4.78, 5) is 3.90. The number of halogens is 1. The molecule has 0 aromatic carbocycles. The molecule has 0 aliphatic heterocycles. The number of aryl methyl sites for hydroxylation is 1. The van der Waals surface area contributed by atoms with Crippen molar-refractivity contribution in [3.05, 3.63) is 35.6 Å². The van der Waals surface area contributed by atoms with Crippen LogP contribution < -0.4 is 4.74 Å². The lowest BCUT2D eigenvalue weighted by molar-refractivity contribution is 0.359. The highest BCUT2D eigenvalue weighted by Crippen LogP contribution is 2.18. The highest BCUT2D eigenvalue weighted by molar-refractivity contribution is 6.29. The van der Waals surface area contributed by atoms with Crippen LogP contribution in [0.2, 0.25) is 5.15 Å². The second kappa shape index (κ2) is 4.12. The van der Waals surface area contributed by atoms with Crippen LogP contribution in [0.4, 0.5) is 0 Å². The van der Waals surface area contributed by atoms with Crippen LogP contribution in [0.15, 0.2) is 24.9 Å². The van der Waals surface area contributed by atoms with Crippen LogP contribution in [0.5, 0.6) is 5.75 Å². The number of pyridine rings is 1. The van der Waals surface area contributed by atoms with Crippen LogP contribution in [0, 0.1) is 6.92 Å². The lowest BCUT2D eigenvalue weighted by atomic mass is 10.3. The molecule has 0 fully saturated rings. The lowest BCUT2D eigenvalue weighted by Gasteiger charge is -2.05. The first-order valence-electron chi connectivity index (χ1n) is 3.60. The molecule has 0 radical (unpaired) electrons. The Labute approximate surface area is 76.8 Å². The summed E-state index contributed by atoms with van der Waals surface area (Å²) < 4.78 is 5.30. The molecule has 0 aliphatic rings. The molecule has 0 saturated carbocycles. The molecule has 64 valence electrons. The van der Waals surface area contributed by atoms with Gasteiger partial charge in [0.05, 0.1) is 6.20 Å². The average Bonchev–Trinajstić information content (AvgIpc) is 2.03. The van der Waals surface area contributed by atoms with Gasteiger partial charge in [-0.05, 0) is 18.6 Å². The van der Waals surface area contributed by atoms with Gasteiger partial charge in [-0.1, -0.05) is 24.3 Å². The van der Waals surface area contributed by atoms with Gasteiger partial charge in [0.25, 0.3) is 0 Å². The number of ether oxygens (including phenoxy) is 1. The van der Waals surface area contributed by atoms with E-state index in [1.165, 1.54) is 0 Å². The third kappa shape index (κ3) is 2.24. The Bertz CT molecular complexity index is 286. The maximum Gasteiger partial charge on any atom is 0.141 e. The molecule has 12 heavy (non-hydrogen) atoms. The number of aromatic nitrogens is 1. The fourth-order valence-electron chi connectivity index (χ4n) is 0.809. The van der Waals surface area contributed by atoms with Crippen LogP contribution in [0.1, 0.15) is 5.56 Å². The summed E-state index contributed by atoms with van der Waals surface area (Å²) in [5.41, 5.74) is 0.983. The summed E-state index contributed by atoms with van der Waals surface area (Å²) in [6, 6.07) is 1.76. The van der Waals surface area contributed by atoms with Crippen molar-refractivity contribution in [3.8, 4) is 5.75 Å². The molecule has 0 saturated heterocycles. The van der Waals surface area contributed by atoms with Gasteiger partial charge in [0.2, 0.25) is 0 Å². The molecule has 0 amide bonds. The number of hydrogen-bond donors (Lipinski definition) is 0. The Morgan fingerprint density at radius 2 is 2.50 bits per heavy atom. The maximum atomic E-state index is 5.66. The molecule has 1 aromatic heterocycles. The molecule has 0 atom stereocenters. The van der Waals surface area contributed by atoms with Crippen molar-refractivity contribution in [1.82, 2.24) is 4.98 Å². The van der Waals surface area contributed by atoms with Gasteiger partial charge in [0.1, 0.15) is 17.5 Å². The van der Waals surface area contributed by atoms with E-state index in [4.69, 9.17) is 16.3 Å². The fourth-order valence-corrected chi connectivity index (χ4v) is 1.02. The minimum absolute atomic E-state index is 0.485. The van der Waals surface area contributed by atoms with E-state index in [-0.39, 0.29) is 0 Å². The van der Waals surface area contributed by atoms with Crippen molar-refractivity contribution in [2.75, 3.05) is 6.61 Å². The van der Waals surface area contributed by atoms with Crippen molar-refractivity contribution in [2.24, 2.45) is 0 Å². The predicted molar refractivity (Wildman–Crippen MR) is 49.7 cm³/mol. The number of rotatable bonds is 3. The minimum Gasteiger partial charge on any atom is -0.488 e. The van der Waals surface area contributed by atoms with Crippen molar-refractivity contribution < 1.29 is 4.74 Å². The topological polar surface area (TPSA) is 22.1 Å². The van der Waals surface area contributed by atoms with E-state index >= 15 is 0 Å². The first kappa shape index (κ1) is 9.07. The van der Waals surface area contributed by atoms with E-state index in [1.54, 1.807) is 18.3 Å². The molecular weight excluding hydrogens is 174 g/mol. The zero-order valence-corrected chi connectivity index (χ0v) is 7.64. The van der Waals surface area contributed by atoms with Gasteiger partial charge in [-0.3, -0.25) is 0 Å². The van der Waals surface area contributed by atoms with E-state index < -0.39 is 0 Å². The van der Waals surface area contributed by atoms with Crippen LogP contribution in [0.3, 0.4) is 0 Å². The predicted octanol–water partition coefficient (Wildman–Crippen LogP) is 2.61. The van der Waals surface area contributed by atoms with Gasteiger partial charge in [0.15, 0.2) is 0 Å². The molecular formula is C9H10ClNO. The molecule has 1 rings (SSSR count). The maximum absolute atomic E-state index is 5.66. The van der Waals surface area contributed by atoms with E-state index in [1.807, 2.05) is 6.92 Å². The summed E-state index contributed by atoms with van der Waals surface area (Å²) in [6.07, 6.45) is 3.30. The zero-order valence-electron chi connectivity index (χ0n) is 6.88. The van der Waals surface area contributed by atoms with E-state index in [0.717, 1.165) is 11.3 Å². The third-order valence-electron chi connectivity index (χ3n) is 1.39. The first-order valence-corrected chi connectivity index (χ1v) is 3.97. The Morgan fingerprint density at radius 3 is 3.08 bits per heavy atom. The first-order chi connectivity index (χ1) is 5.74. The molecule has 3 heteroatoms. The second-order valence-electron chi connectivity index (χ2n) is 2.37. The quantitative estimate of drug-likeness (QED) is 0.531. The third-order valence-corrected chi connectivity index (χ3v) is 1.59. The number of nitrogens with zero attached hydrogens (tertiary/aromatic N) is 1. The SMILES string of the molecule is C=CCOc1cnc(Cl)cc1C. The molecule has 0 spiro atoms. The largest absolute Gasteiger partial charge is 0.488 e. The van der Waals surface area contributed by atoms with Crippen LogP contribution in [0.25, 0.3) is 0 Å². The van der Waals surface area contributed by atoms with Crippen molar-refractivity contribution >= 4 is 11.6 Å². The summed E-state index contributed by atoms with van der Waals surface area (Å²) in [5.74, 6) is 0.749. The van der Waals surface area contributed by atoms with Crippen LogP contribution in [-0.4, -0.2) is 11.6 Å². The highest BCUT2D eigenvalue weighted by Gasteiger charge is 1.99. The van der Waals surface area contributed by atoms with Gasteiger partial charge in [-0.2, -0.15) is 0 Å². The molecule has 2 nitrogen and oxygen atoms in total. The van der Waals surface area contributed by atoms with Gasteiger partial charge < -0.3 is 4.74 Å². The summed E-state index contributed by atoms with van der Waals surface area (Å²) in [6.45, 7) is 5.96. The van der Waals surface area contributed by atoms with Crippen molar-refractivity contribution in [3.63, 3.8) is 0 Å². The number of hydrogen-bond acceptors (Lipinski definition) is 2. The standard InChI is InChI=1S/C9H10ClNO/c1-3-4-12-8-6-11-9(10)5-7(8)2/h3,5-6H,1,4H2,2H3. The Hall–Kier alpha value is -1.02. The monoisotopic (exact) mass is 183 g/mol. The summed E-state index contributed by atoms with van der Waals surface area (Å²) in [5, 5.41) is 0.485. The van der Waals surface area contributed by atoms with Gasteiger partial charge in [0, 0.05) is 0 Å². The molecule has 0 N–H and O–H groups in total. The molecule has 0 bridgehead atoms. The van der Waals surface area contributed by atoms with Crippen molar-refractivity contribution in [2.45, 2.75) is 6.92 Å². The Morgan fingerprint density at radius 1 is 1.75 bits per heavy atom. The second-order valence-corrected chi connectivity index (χ2v) is 2.76. The summed E-state index contributed by atoms with van der Waals surface area (Å²) in [7, 11) is 0. The van der Waals surface area contributed by atoms with E-state index in [9.17, 15) is 0 Å². The zero-order chi connectivity index (χ0) is 8.97. The van der Waals surface area contributed by atoms with E-state index in [2.05, 4.69) is 11.6 Å². The smallest absolute Gasteiger partial charge is 0.141 e. The lowest BCUT2D eigenvalue weighted by Crippen LogP contribution is -1.95. The fraction of sp³-hybridized carbons (Fsp3) is 0.222. The molecule has 1 heterocycles. The van der Waals surface area contributed by atoms with E-state index in [0.29, 0.717) is 11.8 Å². The molecule has 0 aliphatic carbocycles. The minimum atomic E-state index is 0.485.